The summed E-state index contributed by atoms with van der Waals surface area (Å²) in [5.74, 6) is 0.396. The third-order valence-corrected chi connectivity index (χ3v) is 6.94. The molecule has 4 nitrogen and oxygen atoms in total. The van der Waals surface area contributed by atoms with Crippen LogP contribution < -0.4 is 0 Å². The number of nitrogens with zero attached hydrogens (tertiary/aromatic N) is 1. The Hall–Kier alpha value is -0.140. The minimum Gasteiger partial charge on any atom is -0.377 e. The fourth-order valence-corrected chi connectivity index (χ4v) is 5.19. The van der Waals surface area contributed by atoms with Crippen LogP contribution in [0.5, 0.6) is 0 Å². The van der Waals surface area contributed by atoms with Crippen LogP contribution in [0.2, 0.25) is 0 Å². The molecule has 0 amide bonds. The molecule has 0 N–H and O–H groups in total. The Balaban J connectivity index is 2.09. The van der Waals surface area contributed by atoms with Gasteiger partial charge in [0.15, 0.2) is 0 Å². The molecular formula is C14H22ClNO3S2. The molecule has 7 heteroatoms. The molecule has 1 aliphatic heterocycles. The number of ether oxygens (including phenoxy) is 1. The predicted octanol–water partition coefficient (Wildman–Crippen LogP) is 2.93. The molecule has 2 rings (SSSR count). The van der Waals surface area contributed by atoms with Crippen LogP contribution in [0.1, 0.15) is 24.6 Å². The summed E-state index contributed by atoms with van der Waals surface area (Å²) < 4.78 is 32.4. The van der Waals surface area contributed by atoms with Gasteiger partial charge >= 0.3 is 0 Å². The van der Waals surface area contributed by atoms with Crippen molar-refractivity contribution < 1.29 is 13.2 Å². The third-order valence-electron chi connectivity index (χ3n) is 3.50. The van der Waals surface area contributed by atoms with Gasteiger partial charge in [-0.2, -0.15) is 4.31 Å². The average molecular weight is 352 g/mol. The van der Waals surface area contributed by atoms with Gasteiger partial charge < -0.3 is 4.74 Å². The highest BCUT2D eigenvalue weighted by Gasteiger charge is 2.29. The molecular weight excluding hydrogens is 330 g/mol. The summed E-state index contributed by atoms with van der Waals surface area (Å²) in [4.78, 5) is 1.05. The van der Waals surface area contributed by atoms with Crippen molar-refractivity contribution in [2.24, 2.45) is 5.92 Å². The fraction of sp³-hybridized carbons (Fsp3) is 0.714. The lowest BCUT2D eigenvalue weighted by Crippen LogP contribution is -2.39. The molecule has 1 fully saturated rings. The van der Waals surface area contributed by atoms with Crippen LogP contribution in [-0.2, 0) is 21.3 Å². The van der Waals surface area contributed by atoms with E-state index in [2.05, 4.69) is 0 Å². The zero-order chi connectivity index (χ0) is 15.3. The maximum absolute atomic E-state index is 12.6. The van der Waals surface area contributed by atoms with Gasteiger partial charge in [-0.05, 0) is 30.2 Å². The van der Waals surface area contributed by atoms with Crippen molar-refractivity contribution in [3.05, 3.63) is 22.4 Å². The van der Waals surface area contributed by atoms with E-state index in [0.717, 1.165) is 24.3 Å². The number of thiophene rings is 1. The first-order valence-electron chi connectivity index (χ1n) is 7.19. The van der Waals surface area contributed by atoms with Gasteiger partial charge in [0.2, 0.25) is 10.0 Å². The molecule has 1 aromatic heterocycles. The number of alkyl halides is 1. The Bertz CT molecular complexity index is 512. The molecule has 1 aliphatic rings. The molecule has 1 saturated heterocycles. The quantitative estimate of drug-likeness (QED) is 0.676. The Morgan fingerprint density at radius 3 is 2.95 bits per heavy atom. The molecule has 21 heavy (non-hydrogen) atoms. The maximum atomic E-state index is 12.6. The highest BCUT2D eigenvalue weighted by Crippen LogP contribution is 2.21. The SMILES string of the molecule is CC(CCl)CS(=O)(=O)N(Cc1cccs1)CC1CCCO1. The topological polar surface area (TPSA) is 46.6 Å². The van der Waals surface area contributed by atoms with E-state index in [1.807, 2.05) is 24.4 Å². The molecule has 2 heterocycles. The maximum Gasteiger partial charge on any atom is 0.214 e. The molecule has 0 bridgehead atoms. The summed E-state index contributed by atoms with van der Waals surface area (Å²) in [6.45, 7) is 3.46. The van der Waals surface area contributed by atoms with Crippen LogP contribution in [0.3, 0.4) is 0 Å². The summed E-state index contributed by atoms with van der Waals surface area (Å²) in [7, 11) is -3.32. The molecule has 0 aromatic carbocycles. The van der Waals surface area contributed by atoms with E-state index in [9.17, 15) is 8.42 Å². The predicted molar refractivity (Wildman–Crippen MR) is 87.4 cm³/mol. The van der Waals surface area contributed by atoms with Crippen molar-refractivity contribution in [2.75, 3.05) is 24.8 Å². The highest BCUT2D eigenvalue weighted by molar-refractivity contribution is 7.89. The van der Waals surface area contributed by atoms with Crippen molar-refractivity contribution in [3.63, 3.8) is 0 Å². The lowest BCUT2D eigenvalue weighted by Gasteiger charge is -2.25. The molecule has 0 spiro atoms. The number of halogens is 1. The summed E-state index contributed by atoms with van der Waals surface area (Å²) >= 11 is 7.35. The minimum atomic E-state index is -3.32. The van der Waals surface area contributed by atoms with E-state index >= 15 is 0 Å². The number of hydrogen-bond donors (Lipinski definition) is 0. The molecule has 2 atom stereocenters. The monoisotopic (exact) mass is 351 g/mol. The smallest absolute Gasteiger partial charge is 0.214 e. The van der Waals surface area contributed by atoms with Crippen LogP contribution in [0.25, 0.3) is 0 Å². The van der Waals surface area contributed by atoms with Gasteiger partial charge in [-0.15, -0.1) is 22.9 Å². The van der Waals surface area contributed by atoms with Gasteiger partial charge in [0, 0.05) is 30.5 Å². The van der Waals surface area contributed by atoms with Crippen molar-refractivity contribution in [3.8, 4) is 0 Å². The van der Waals surface area contributed by atoms with Gasteiger partial charge in [-0.1, -0.05) is 13.0 Å². The van der Waals surface area contributed by atoms with Gasteiger partial charge in [-0.3, -0.25) is 0 Å². The second kappa shape index (κ2) is 7.92. The van der Waals surface area contributed by atoms with Gasteiger partial charge in [0.05, 0.1) is 11.9 Å². The van der Waals surface area contributed by atoms with E-state index in [1.165, 1.54) is 0 Å². The summed E-state index contributed by atoms with van der Waals surface area (Å²) in [5, 5.41) is 1.97. The Morgan fingerprint density at radius 2 is 2.38 bits per heavy atom. The Labute approximate surface area is 136 Å². The van der Waals surface area contributed by atoms with Crippen molar-refractivity contribution in [1.82, 2.24) is 4.31 Å². The van der Waals surface area contributed by atoms with Gasteiger partial charge in [-0.25, -0.2) is 8.42 Å². The lowest BCUT2D eigenvalue weighted by atomic mass is 10.2. The highest BCUT2D eigenvalue weighted by atomic mass is 35.5. The molecule has 1 aromatic rings. The van der Waals surface area contributed by atoms with Crippen LogP contribution in [0.4, 0.5) is 0 Å². The standard InChI is InChI=1S/C14H22ClNO3S2/c1-12(8-15)11-21(17,18)16(9-13-4-2-6-19-13)10-14-5-3-7-20-14/h3,5,7,12-13H,2,4,6,8-11H2,1H3. The molecule has 120 valence electrons. The first-order chi connectivity index (χ1) is 10.0. The number of hydrogen-bond acceptors (Lipinski definition) is 4. The number of sulfonamides is 1. The summed E-state index contributed by atoms with van der Waals surface area (Å²) in [6, 6.07) is 3.91. The molecule has 0 saturated carbocycles. The minimum absolute atomic E-state index is 0.0195. The molecule has 0 radical (unpaired) electrons. The Morgan fingerprint density at radius 1 is 1.57 bits per heavy atom. The second-order valence-electron chi connectivity index (χ2n) is 5.54. The second-order valence-corrected chi connectivity index (χ2v) is 8.90. The number of rotatable bonds is 8. The van der Waals surface area contributed by atoms with Crippen molar-refractivity contribution >= 4 is 33.0 Å². The largest absolute Gasteiger partial charge is 0.377 e. The van der Waals surface area contributed by atoms with Gasteiger partial charge in [0.1, 0.15) is 0 Å². The zero-order valence-corrected chi connectivity index (χ0v) is 14.6. The molecule has 0 aliphatic carbocycles. The third kappa shape index (κ3) is 5.21. The van der Waals surface area contributed by atoms with E-state index in [4.69, 9.17) is 16.3 Å². The Kier molecular flexibility index (Phi) is 6.50. The average Bonchev–Trinajstić information content (AvgIpc) is 3.10. The van der Waals surface area contributed by atoms with Gasteiger partial charge in [0.25, 0.3) is 0 Å². The van der Waals surface area contributed by atoms with E-state index < -0.39 is 10.0 Å². The zero-order valence-electron chi connectivity index (χ0n) is 12.2. The lowest BCUT2D eigenvalue weighted by molar-refractivity contribution is 0.0927. The van der Waals surface area contributed by atoms with E-state index in [1.54, 1.807) is 15.6 Å². The first kappa shape index (κ1) is 17.2. The first-order valence-corrected chi connectivity index (χ1v) is 10.2. The summed E-state index contributed by atoms with van der Waals surface area (Å²) in [5.41, 5.74) is 0. The fourth-order valence-electron chi connectivity index (χ4n) is 2.38. The van der Waals surface area contributed by atoms with E-state index in [-0.39, 0.29) is 17.8 Å². The summed E-state index contributed by atoms with van der Waals surface area (Å²) in [6.07, 6.45) is 1.96. The van der Waals surface area contributed by atoms with Crippen molar-refractivity contribution in [2.45, 2.75) is 32.4 Å². The van der Waals surface area contributed by atoms with Crippen LogP contribution in [0, 0.1) is 5.92 Å². The van der Waals surface area contributed by atoms with E-state index in [0.29, 0.717) is 19.0 Å². The molecule has 2 unspecified atom stereocenters. The van der Waals surface area contributed by atoms with Crippen LogP contribution >= 0.6 is 22.9 Å². The normalized spacial score (nSPS) is 21.0. The van der Waals surface area contributed by atoms with Crippen molar-refractivity contribution in [1.29, 1.82) is 0 Å². The van der Waals surface area contributed by atoms with Crippen LogP contribution in [-0.4, -0.2) is 43.6 Å². The van der Waals surface area contributed by atoms with Crippen LogP contribution in [0.15, 0.2) is 17.5 Å².